The van der Waals surface area contributed by atoms with Gasteiger partial charge in [-0.15, -0.1) is 0 Å². The zero-order valence-corrected chi connectivity index (χ0v) is 14.9. The van der Waals surface area contributed by atoms with Gasteiger partial charge in [-0.05, 0) is 40.0 Å². The molecule has 3 N–H and O–H groups in total. The van der Waals surface area contributed by atoms with Gasteiger partial charge < -0.3 is 16.0 Å². The summed E-state index contributed by atoms with van der Waals surface area (Å²) in [7, 11) is 0. The number of piperidine rings is 1. The van der Waals surface area contributed by atoms with Gasteiger partial charge in [-0.25, -0.2) is 0 Å². The molecule has 1 atom stereocenters. The Morgan fingerprint density at radius 2 is 2.12 bits per heavy atom. The molecule has 1 unspecified atom stereocenters. The van der Waals surface area contributed by atoms with Gasteiger partial charge in [-0.3, -0.25) is 14.3 Å². The van der Waals surface area contributed by atoms with Crippen molar-refractivity contribution in [3.05, 3.63) is 18.0 Å². The molecule has 7 heteroatoms. The minimum atomic E-state index is -0.157. The predicted octanol–water partition coefficient (Wildman–Crippen LogP) is 1.10. The van der Waals surface area contributed by atoms with Gasteiger partial charge in [-0.2, -0.15) is 5.10 Å². The molecule has 1 saturated heterocycles. The van der Waals surface area contributed by atoms with Crippen LogP contribution < -0.4 is 11.1 Å². The Labute approximate surface area is 143 Å². The van der Waals surface area contributed by atoms with E-state index in [4.69, 9.17) is 5.73 Å². The Bertz CT molecular complexity index is 576. The second-order valence-corrected chi connectivity index (χ2v) is 7.34. The molecule has 1 fully saturated rings. The van der Waals surface area contributed by atoms with Crippen LogP contribution in [0.25, 0.3) is 0 Å². The Morgan fingerprint density at radius 3 is 2.75 bits per heavy atom. The van der Waals surface area contributed by atoms with Crippen LogP contribution in [0.4, 0.5) is 0 Å². The summed E-state index contributed by atoms with van der Waals surface area (Å²) in [6, 6.07) is 0.0333. The maximum atomic E-state index is 12.9. The van der Waals surface area contributed by atoms with Gasteiger partial charge in [-0.1, -0.05) is 0 Å². The zero-order chi connectivity index (χ0) is 17.7. The lowest BCUT2D eigenvalue weighted by Gasteiger charge is -2.35. The summed E-state index contributed by atoms with van der Waals surface area (Å²) in [5.74, 6) is -0.0701. The predicted molar refractivity (Wildman–Crippen MR) is 92.6 cm³/mol. The topological polar surface area (TPSA) is 93.2 Å². The number of nitrogens with zero attached hydrogens (tertiary/aromatic N) is 3. The normalized spacial score (nSPS) is 18.5. The minimum Gasteiger partial charge on any atom is -0.354 e. The summed E-state index contributed by atoms with van der Waals surface area (Å²) >= 11 is 0. The van der Waals surface area contributed by atoms with Crippen LogP contribution in [0.1, 0.15) is 56.8 Å². The van der Waals surface area contributed by atoms with Crippen LogP contribution in [0.2, 0.25) is 0 Å². The fraction of sp³-hybridized carbons (Fsp3) is 0.706. The molecular weight excluding hydrogens is 306 g/mol. The SMILES string of the molecule is CC(C)(C)n1cc(C(=O)N2CCCCC2CNC(=O)CCN)cn1. The van der Waals surface area contributed by atoms with Crippen molar-refractivity contribution < 1.29 is 9.59 Å². The van der Waals surface area contributed by atoms with Crippen molar-refractivity contribution in [3.8, 4) is 0 Å². The quantitative estimate of drug-likeness (QED) is 0.842. The molecule has 134 valence electrons. The summed E-state index contributed by atoms with van der Waals surface area (Å²) in [6.07, 6.45) is 6.73. The Balaban J connectivity index is 2.04. The van der Waals surface area contributed by atoms with E-state index in [-0.39, 0.29) is 23.4 Å². The molecule has 7 nitrogen and oxygen atoms in total. The lowest BCUT2D eigenvalue weighted by Crippen LogP contribution is -2.49. The van der Waals surface area contributed by atoms with Crippen LogP contribution in [-0.4, -0.2) is 52.2 Å². The molecule has 1 aliphatic rings. The van der Waals surface area contributed by atoms with Crippen molar-refractivity contribution in [1.82, 2.24) is 20.0 Å². The zero-order valence-electron chi connectivity index (χ0n) is 14.9. The van der Waals surface area contributed by atoms with E-state index < -0.39 is 0 Å². The van der Waals surface area contributed by atoms with Gasteiger partial charge >= 0.3 is 0 Å². The number of hydrogen-bond donors (Lipinski definition) is 2. The Morgan fingerprint density at radius 1 is 1.38 bits per heavy atom. The standard InChI is InChI=1S/C17H29N5O2/c1-17(2,3)22-12-13(10-20-22)16(24)21-9-5-4-6-14(21)11-19-15(23)7-8-18/h10,12,14H,4-9,11,18H2,1-3H3,(H,19,23). The van der Waals surface area contributed by atoms with E-state index in [1.54, 1.807) is 12.4 Å². The van der Waals surface area contributed by atoms with Gasteiger partial charge in [0.25, 0.3) is 5.91 Å². The fourth-order valence-electron chi connectivity index (χ4n) is 2.90. The maximum absolute atomic E-state index is 12.9. The molecule has 2 rings (SSSR count). The van der Waals surface area contributed by atoms with Crippen molar-refractivity contribution in [2.75, 3.05) is 19.6 Å². The van der Waals surface area contributed by atoms with E-state index in [0.717, 1.165) is 25.8 Å². The number of rotatable bonds is 5. The molecule has 0 aliphatic carbocycles. The van der Waals surface area contributed by atoms with Gasteiger partial charge in [0.15, 0.2) is 0 Å². The number of amides is 2. The summed E-state index contributed by atoms with van der Waals surface area (Å²) in [5, 5.41) is 7.20. The second-order valence-electron chi connectivity index (χ2n) is 7.34. The average molecular weight is 335 g/mol. The van der Waals surface area contributed by atoms with Gasteiger partial charge in [0.1, 0.15) is 0 Å². The van der Waals surface area contributed by atoms with E-state index in [0.29, 0.717) is 25.1 Å². The van der Waals surface area contributed by atoms with Crippen LogP contribution in [0, 0.1) is 0 Å². The average Bonchev–Trinajstić information content (AvgIpc) is 3.03. The van der Waals surface area contributed by atoms with Gasteiger partial charge in [0, 0.05) is 38.3 Å². The highest BCUT2D eigenvalue weighted by molar-refractivity contribution is 5.94. The largest absolute Gasteiger partial charge is 0.354 e. The summed E-state index contributed by atoms with van der Waals surface area (Å²) < 4.78 is 1.81. The van der Waals surface area contributed by atoms with Crippen LogP contribution >= 0.6 is 0 Å². The van der Waals surface area contributed by atoms with E-state index in [1.165, 1.54) is 0 Å². The van der Waals surface area contributed by atoms with Gasteiger partial charge in [0.2, 0.25) is 5.91 Å². The third-order valence-corrected chi connectivity index (χ3v) is 4.31. The Hall–Kier alpha value is -1.89. The lowest BCUT2D eigenvalue weighted by atomic mass is 10.0. The summed E-state index contributed by atoms with van der Waals surface area (Å²) in [6.45, 7) is 7.68. The molecular formula is C17H29N5O2. The smallest absolute Gasteiger partial charge is 0.257 e. The number of carbonyl (C=O) groups is 2. The molecule has 0 spiro atoms. The summed E-state index contributed by atoms with van der Waals surface area (Å²) in [5.41, 5.74) is 5.84. The maximum Gasteiger partial charge on any atom is 0.257 e. The van der Waals surface area contributed by atoms with Crippen molar-refractivity contribution in [2.24, 2.45) is 5.73 Å². The lowest BCUT2D eigenvalue weighted by molar-refractivity contribution is -0.121. The molecule has 24 heavy (non-hydrogen) atoms. The molecule has 2 heterocycles. The third kappa shape index (κ3) is 4.56. The van der Waals surface area contributed by atoms with Crippen LogP contribution in [0.5, 0.6) is 0 Å². The number of likely N-dealkylation sites (tertiary alicyclic amines) is 1. The van der Waals surface area contributed by atoms with Crippen LogP contribution in [0.15, 0.2) is 12.4 Å². The first-order valence-corrected chi connectivity index (χ1v) is 8.66. The molecule has 0 bridgehead atoms. The molecule has 1 aromatic heterocycles. The van der Waals surface area contributed by atoms with Crippen molar-refractivity contribution in [3.63, 3.8) is 0 Å². The molecule has 2 amide bonds. The molecule has 0 saturated carbocycles. The summed E-state index contributed by atoms with van der Waals surface area (Å²) in [4.78, 5) is 26.4. The number of aromatic nitrogens is 2. The molecule has 1 aliphatic heterocycles. The first kappa shape index (κ1) is 18.4. The van der Waals surface area contributed by atoms with E-state index in [1.807, 2.05) is 30.4 Å². The van der Waals surface area contributed by atoms with E-state index in [2.05, 4.69) is 10.4 Å². The monoisotopic (exact) mass is 335 g/mol. The molecule has 0 aromatic carbocycles. The van der Waals surface area contributed by atoms with Crippen LogP contribution in [-0.2, 0) is 10.3 Å². The van der Waals surface area contributed by atoms with E-state index >= 15 is 0 Å². The number of nitrogens with one attached hydrogen (secondary N) is 1. The highest BCUT2D eigenvalue weighted by Crippen LogP contribution is 2.20. The first-order chi connectivity index (χ1) is 11.3. The van der Waals surface area contributed by atoms with Crippen LogP contribution in [0.3, 0.4) is 0 Å². The van der Waals surface area contributed by atoms with Crippen molar-refractivity contribution in [1.29, 1.82) is 0 Å². The third-order valence-electron chi connectivity index (χ3n) is 4.31. The molecule has 0 radical (unpaired) electrons. The number of nitrogens with two attached hydrogens (primary N) is 1. The number of hydrogen-bond acceptors (Lipinski definition) is 4. The fourth-order valence-corrected chi connectivity index (χ4v) is 2.90. The second kappa shape index (κ2) is 7.79. The highest BCUT2D eigenvalue weighted by Gasteiger charge is 2.29. The first-order valence-electron chi connectivity index (χ1n) is 8.66. The Kier molecular flexibility index (Phi) is 5.99. The van der Waals surface area contributed by atoms with Gasteiger partial charge in [0.05, 0.1) is 17.3 Å². The van der Waals surface area contributed by atoms with E-state index in [9.17, 15) is 9.59 Å². The minimum absolute atomic E-state index is 0.0109. The highest BCUT2D eigenvalue weighted by atomic mass is 16.2. The number of carbonyl (C=O) groups excluding carboxylic acids is 2. The van der Waals surface area contributed by atoms with Crippen molar-refractivity contribution in [2.45, 2.75) is 58.0 Å². The van der Waals surface area contributed by atoms with Crippen molar-refractivity contribution >= 4 is 11.8 Å². The molecule has 1 aromatic rings.